The normalized spacial score (nSPS) is 25.4. The van der Waals surface area contributed by atoms with Gasteiger partial charge in [-0.2, -0.15) is 0 Å². The van der Waals surface area contributed by atoms with Gasteiger partial charge in [-0.3, -0.25) is 14.4 Å². The molecule has 10 nitrogen and oxygen atoms in total. The lowest BCUT2D eigenvalue weighted by molar-refractivity contribution is -0.136. The van der Waals surface area contributed by atoms with E-state index in [1.807, 2.05) is 55.9 Å². The molecule has 2 fully saturated rings. The zero-order valence-electron chi connectivity index (χ0n) is 22.5. The molecule has 3 heterocycles. The summed E-state index contributed by atoms with van der Waals surface area (Å²) in [5.41, 5.74) is 1.57. The Morgan fingerprint density at radius 2 is 1.82 bits per heavy atom. The van der Waals surface area contributed by atoms with Crippen molar-refractivity contribution < 1.29 is 28.8 Å². The maximum absolute atomic E-state index is 13.5. The summed E-state index contributed by atoms with van der Waals surface area (Å²) in [6.07, 6.45) is -0.735. The number of aliphatic hydroxyl groups excluding tert-OH is 1. The molecule has 11 heteroatoms. The number of nitrogens with zero attached hydrogens (tertiary/aromatic N) is 2. The van der Waals surface area contributed by atoms with Gasteiger partial charge in [-0.05, 0) is 43.9 Å². The fraction of sp³-hybridized carbons (Fsp3) is 0.481. The van der Waals surface area contributed by atoms with Crippen molar-refractivity contribution in [2.24, 2.45) is 5.92 Å². The van der Waals surface area contributed by atoms with Crippen LogP contribution in [0.1, 0.15) is 51.5 Å². The summed E-state index contributed by atoms with van der Waals surface area (Å²) < 4.78 is 11.9. The van der Waals surface area contributed by atoms with Crippen molar-refractivity contribution in [3.05, 3.63) is 54.2 Å². The van der Waals surface area contributed by atoms with Crippen molar-refractivity contribution in [1.82, 2.24) is 20.4 Å². The monoisotopic (exact) mass is 523 g/mol. The van der Waals surface area contributed by atoms with Crippen LogP contribution in [0, 0.1) is 5.92 Å². The van der Waals surface area contributed by atoms with E-state index in [2.05, 4.69) is 15.6 Å². The van der Waals surface area contributed by atoms with E-state index in [9.17, 15) is 19.5 Å². The molecule has 6 atom stereocenters. The van der Waals surface area contributed by atoms with E-state index >= 15 is 0 Å². The Morgan fingerprint density at radius 3 is 2.47 bits per heavy atom. The minimum atomic E-state index is -2.29. The lowest BCUT2D eigenvalue weighted by atomic mass is 9.59. The van der Waals surface area contributed by atoms with Gasteiger partial charge >= 0.3 is 6.69 Å². The summed E-state index contributed by atoms with van der Waals surface area (Å²) in [7, 11) is 0. The van der Waals surface area contributed by atoms with E-state index in [-0.39, 0.29) is 17.7 Å². The molecule has 0 bridgehead atoms. The lowest BCUT2D eigenvalue weighted by Crippen LogP contribution is -2.68. The predicted octanol–water partition coefficient (Wildman–Crippen LogP) is 1.90. The molecule has 38 heavy (non-hydrogen) atoms. The molecule has 2 aromatic rings. The number of amides is 2. The predicted molar refractivity (Wildman–Crippen MR) is 143 cm³/mol. The summed E-state index contributed by atoms with van der Waals surface area (Å²) in [4.78, 5) is 45.5. The highest BCUT2D eigenvalue weighted by molar-refractivity contribution is 6.70. The van der Waals surface area contributed by atoms with Gasteiger partial charge in [-0.25, -0.2) is 4.98 Å². The standard InChI is InChI=1S/C27H36BN4O6/c1-16(2)14-23(28-32(17(3)15-37-28)18(4)27(36)38-28)30-26(35)24(19(5)33)31-25(34)22-13-9-12-21(29-22)20-10-7-6-8-11-20/h6-13,16-19,23-24,33H,14-15H2,1-5H3,(H,30,35)(H,31,34)/q-1/t17-,18-,19+,23-,24-,28?/m0/s1. The van der Waals surface area contributed by atoms with Gasteiger partial charge in [0.1, 0.15) is 11.7 Å². The van der Waals surface area contributed by atoms with Crippen LogP contribution >= 0.6 is 0 Å². The number of carbonyl (C=O) groups is 3. The van der Waals surface area contributed by atoms with Crippen molar-refractivity contribution in [3.63, 3.8) is 0 Å². The second-order valence-electron chi connectivity index (χ2n) is 10.7. The van der Waals surface area contributed by atoms with Gasteiger partial charge in [0.25, 0.3) is 11.9 Å². The van der Waals surface area contributed by atoms with E-state index < -0.39 is 48.6 Å². The summed E-state index contributed by atoms with van der Waals surface area (Å²) in [5.74, 6) is -2.13. The third-order valence-electron chi connectivity index (χ3n) is 7.24. The number of benzene rings is 1. The molecule has 0 aliphatic carbocycles. The van der Waals surface area contributed by atoms with Crippen LogP contribution < -0.4 is 10.6 Å². The second-order valence-corrected chi connectivity index (χ2v) is 10.7. The van der Waals surface area contributed by atoms with Crippen LogP contribution in [0.5, 0.6) is 0 Å². The average molecular weight is 523 g/mol. The van der Waals surface area contributed by atoms with E-state index in [0.29, 0.717) is 18.7 Å². The van der Waals surface area contributed by atoms with Gasteiger partial charge in [0.2, 0.25) is 5.91 Å². The SMILES string of the molecule is CC(C)C[C@H](NC(=O)[C@@H](NC(=O)c1cccc(-c2ccccc2)n1)[C@@H](C)O)[B-]12OC[C@H](C)N1[C@@H](C)C(=O)O2. The van der Waals surface area contributed by atoms with Crippen LogP contribution in [0.15, 0.2) is 48.5 Å². The van der Waals surface area contributed by atoms with Crippen LogP contribution in [-0.2, 0) is 18.9 Å². The number of aromatic nitrogens is 1. The van der Waals surface area contributed by atoms with Gasteiger partial charge in [-0.1, -0.05) is 63.6 Å². The fourth-order valence-electron chi connectivity index (χ4n) is 5.45. The van der Waals surface area contributed by atoms with Crippen LogP contribution in [0.4, 0.5) is 0 Å². The van der Waals surface area contributed by atoms with Crippen LogP contribution in [0.25, 0.3) is 11.3 Å². The number of hydrogen-bond donors (Lipinski definition) is 3. The minimum Gasteiger partial charge on any atom is -0.651 e. The molecule has 1 aromatic heterocycles. The Bertz CT molecular complexity index is 1180. The molecule has 2 aliphatic heterocycles. The maximum atomic E-state index is 13.5. The van der Waals surface area contributed by atoms with Crippen molar-refractivity contribution in [2.45, 2.75) is 71.2 Å². The number of nitrogens with one attached hydrogen (secondary N) is 2. The quantitative estimate of drug-likeness (QED) is 0.425. The molecule has 204 valence electrons. The van der Waals surface area contributed by atoms with Gasteiger partial charge in [0, 0.05) is 12.2 Å². The summed E-state index contributed by atoms with van der Waals surface area (Å²) >= 11 is 0. The molecular formula is C27H36BN4O6-. The molecule has 1 unspecified atom stereocenters. The topological polar surface area (TPSA) is 130 Å². The fourth-order valence-corrected chi connectivity index (χ4v) is 5.45. The van der Waals surface area contributed by atoms with Crippen molar-refractivity contribution in [2.75, 3.05) is 6.61 Å². The number of aliphatic hydroxyl groups is 1. The highest BCUT2D eigenvalue weighted by Crippen LogP contribution is 2.37. The zero-order valence-corrected chi connectivity index (χ0v) is 22.5. The third kappa shape index (κ3) is 5.45. The third-order valence-corrected chi connectivity index (χ3v) is 7.24. The Labute approximate surface area is 223 Å². The van der Waals surface area contributed by atoms with Crippen LogP contribution in [-0.4, -0.2) is 76.1 Å². The van der Waals surface area contributed by atoms with Crippen molar-refractivity contribution >= 4 is 24.5 Å². The largest absolute Gasteiger partial charge is 0.651 e. The van der Waals surface area contributed by atoms with E-state index in [4.69, 9.17) is 9.31 Å². The van der Waals surface area contributed by atoms with Gasteiger partial charge in [0.15, 0.2) is 0 Å². The molecule has 2 aliphatic rings. The first-order chi connectivity index (χ1) is 18.0. The van der Waals surface area contributed by atoms with Crippen molar-refractivity contribution in [3.8, 4) is 11.3 Å². The molecule has 3 N–H and O–H groups in total. The summed E-state index contributed by atoms with van der Waals surface area (Å²) in [6, 6.07) is 12.6. The number of fused-ring (bicyclic) bond motifs is 1. The minimum absolute atomic E-state index is 0.0711. The molecule has 0 radical (unpaired) electrons. The van der Waals surface area contributed by atoms with Crippen LogP contribution in [0.3, 0.4) is 0 Å². The number of rotatable bonds is 9. The first-order valence-corrected chi connectivity index (χ1v) is 13.1. The second kappa shape index (κ2) is 11.2. The van der Waals surface area contributed by atoms with Crippen molar-refractivity contribution in [1.29, 1.82) is 0 Å². The zero-order chi connectivity index (χ0) is 27.6. The molecule has 4 rings (SSSR count). The molecule has 0 spiro atoms. The summed E-state index contributed by atoms with van der Waals surface area (Å²) in [5, 5.41) is 16.0. The van der Waals surface area contributed by atoms with E-state index in [1.54, 1.807) is 25.1 Å². The average Bonchev–Trinajstić information content (AvgIpc) is 3.35. The van der Waals surface area contributed by atoms with Crippen LogP contribution in [0.2, 0.25) is 0 Å². The smallest absolute Gasteiger partial charge is 0.396 e. The molecule has 2 saturated heterocycles. The van der Waals surface area contributed by atoms with E-state index in [1.165, 1.54) is 6.92 Å². The molecule has 1 aromatic carbocycles. The van der Waals surface area contributed by atoms with Gasteiger partial charge < -0.3 is 29.9 Å². The molecular weight excluding hydrogens is 487 g/mol. The maximum Gasteiger partial charge on any atom is 0.396 e. The van der Waals surface area contributed by atoms with Gasteiger partial charge in [-0.15, -0.1) is 0 Å². The Kier molecular flexibility index (Phi) is 8.20. The Balaban J connectivity index is 1.54. The number of hydrogen-bond acceptors (Lipinski definition) is 8. The Morgan fingerprint density at radius 1 is 1.11 bits per heavy atom. The Hall–Kier alpha value is -3.28. The molecule has 2 amide bonds. The van der Waals surface area contributed by atoms with E-state index in [0.717, 1.165) is 5.56 Å². The first-order valence-electron chi connectivity index (χ1n) is 13.1. The highest BCUT2D eigenvalue weighted by Gasteiger charge is 2.58. The number of carbonyl (C=O) groups excluding carboxylic acids is 3. The lowest BCUT2D eigenvalue weighted by Gasteiger charge is -2.45. The summed E-state index contributed by atoms with van der Waals surface area (Å²) in [6.45, 7) is 7.20. The number of pyridine rings is 1. The molecule has 0 saturated carbocycles. The highest BCUT2D eigenvalue weighted by atomic mass is 16.7. The first kappa shape index (κ1) is 27.8. The van der Waals surface area contributed by atoms with Gasteiger partial charge in [0.05, 0.1) is 17.8 Å².